The fraction of sp³-hybridized carbons (Fsp3) is 0.545. The van der Waals surface area contributed by atoms with E-state index < -0.39 is 0 Å². The molecule has 6 heteroatoms. The predicted molar refractivity (Wildman–Crippen MR) is 60.4 cm³/mol. The summed E-state index contributed by atoms with van der Waals surface area (Å²) in [5, 5.41) is 5.32. The Bertz CT molecular complexity index is 500. The number of aromatic nitrogens is 2. The van der Waals surface area contributed by atoms with E-state index in [1.54, 1.807) is 4.90 Å². The summed E-state index contributed by atoms with van der Waals surface area (Å²) in [6.45, 7) is 2.40. The van der Waals surface area contributed by atoms with Gasteiger partial charge in [-0.1, -0.05) is 0 Å². The molecule has 0 aliphatic carbocycles. The first-order valence-corrected chi connectivity index (χ1v) is 5.63. The summed E-state index contributed by atoms with van der Waals surface area (Å²) in [6.07, 6.45) is 1.15. The van der Waals surface area contributed by atoms with Crippen LogP contribution in [0.5, 0.6) is 0 Å². The number of aromatic amines is 2. The molecule has 1 aliphatic heterocycles. The number of H-pyrrole nitrogens is 2. The molecule has 0 fully saturated rings. The second-order valence-corrected chi connectivity index (χ2v) is 4.30. The lowest BCUT2D eigenvalue weighted by Gasteiger charge is -2.26. The zero-order valence-corrected chi connectivity index (χ0v) is 9.71. The SMILES string of the molecule is CC(=O)CCC(=O)N1CCc2[nH][nH]c(=O)c2C1. The second-order valence-electron chi connectivity index (χ2n) is 4.30. The summed E-state index contributed by atoms with van der Waals surface area (Å²) < 4.78 is 0. The van der Waals surface area contributed by atoms with E-state index in [1.807, 2.05) is 0 Å². The van der Waals surface area contributed by atoms with Crippen LogP contribution < -0.4 is 5.56 Å². The molecule has 0 bridgehead atoms. The molecule has 2 N–H and O–H groups in total. The molecule has 1 aromatic rings. The molecule has 0 saturated carbocycles. The molecule has 6 nitrogen and oxygen atoms in total. The number of ketones is 1. The third-order valence-corrected chi connectivity index (χ3v) is 2.99. The minimum Gasteiger partial charge on any atom is -0.338 e. The lowest BCUT2D eigenvalue weighted by atomic mass is 10.1. The number of hydrogen-bond acceptors (Lipinski definition) is 3. The standard InChI is InChI=1S/C11H15N3O3/c1-7(15)2-3-10(16)14-5-4-9-8(6-14)11(17)13-12-9/h2-6H2,1H3,(H2,12,13,17). The van der Waals surface area contributed by atoms with Gasteiger partial charge < -0.3 is 14.8 Å². The van der Waals surface area contributed by atoms with Crippen LogP contribution in [0.2, 0.25) is 0 Å². The van der Waals surface area contributed by atoms with Gasteiger partial charge in [-0.15, -0.1) is 0 Å². The van der Waals surface area contributed by atoms with Gasteiger partial charge in [0, 0.05) is 31.5 Å². The van der Waals surface area contributed by atoms with Gasteiger partial charge in [-0.25, -0.2) is 0 Å². The van der Waals surface area contributed by atoms with Crippen molar-refractivity contribution in [2.24, 2.45) is 0 Å². The number of nitrogens with zero attached hydrogens (tertiary/aromatic N) is 1. The summed E-state index contributed by atoms with van der Waals surface area (Å²) in [5.74, 6) is -0.0537. The highest BCUT2D eigenvalue weighted by molar-refractivity contribution is 5.83. The molecule has 1 aromatic heterocycles. The summed E-state index contributed by atoms with van der Waals surface area (Å²) in [7, 11) is 0. The minimum absolute atomic E-state index is 0.00976. The van der Waals surface area contributed by atoms with Crippen LogP contribution in [0, 0.1) is 0 Å². The Hall–Kier alpha value is -1.85. The van der Waals surface area contributed by atoms with E-state index in [4.69, 9.17) is 0 Å². The summed E-state index contributed by atoms with van der Waals surface area (Å²) >= 11 is 0. The molecule has 2 rings (SSSR count). The molecular formula is C11H15N3O3. The Morgan fingerprint density at radius 3 is 2.76 bits per heavy atom. The van der Waals surface area contributed by atoms with Crippen molar-refractivity contribution < 1.29 is 9.59 Å². The number of carbonyl (C=O) groups excluding carboxylic acids is 2. The zero-order valence-electron chi connectivity index (χ0n) is 9.71. The van der Waals surface area contributed by atoms with Crippen molar-refractivity contribution in [3.63, 3.8) is 0 Å². The molecule has 0 spiro atoms. The van der Waals surface area contributed by atoms with Gasteiger partial charge in [-0.3, -0.25) is 14.7 Å². The molecule has 0 saturated heterocycles. The van der Waals surface area contributed by atoms with E-state index in [0.29, 0.717) is 25.1 Å². The minimum atomic E-state index is -0.163. The maximum Gasteiger partial charge on any atom is 0.269 e. The Balaban J connectivity index is 2.02. The van der Waals surface area contributed by atoms with Crippen molar-refractivity contribution in [1.82, 2.24) is 15.1 Å². The molecule has 1 amide bonds. The average Bonchev–Trinajstić information content (AvgIpc) is 2.67. The van der Waals surface area contributed by atoms with Crippen molar-refractivity contribution in [2.75, 3.05) is 6.54 Å². The quantitative estimate of drug-likeness (QED) is 0.773. The fourth-order valence-electron chi connectivity index (χ4n) is 1.97. The number of nitrogens with one attached hydrogen (secondary N) is 2. The molecule has 0 atom stereocenters. The number of amides is 1. The monoisotopic (exact) mass is 237 g/mol. The topological polar surface area (TPSA) is 86.0 Å². The average molecular weight is 237 g/mol. The van der Waals surface area contributed by atoms with Gasteiger partial charge >= 0.3 is 0 Å². The maximum absolute atomic E-state index is 11.8. The van der Waals surface area contributed by atoms with E-state index in [2.05, 4.69) is 10.2 Å². The van der Waals surface area contributed by atoms with Crippen LogP contribution in [-0.2, 0) is 22.6 Å². The van der Waals surface area contributed by atoms with Gasteiger partial charge in [-0.05, 0) is 6.92 Å². The van der Waals surface area contributed by atoms with Crippen molar-refractivity contribution in [3.8, 4) is 0 Å². The van der Waals surface area contributed by atoms with Crippen molar-refractivity contribution >= 4 is 11.7 Å². The van der Waals surface area contributed by atoms with Crippen LogP contribution in [0.15, 0.2) is 4.79 Å². The second kappa shape index (κ2) is 4.57. The molecule has 92 valence electrons. The van der Waals surface area contributed by atoms with Gasteiger partial charge in [-0.2, -0.15) is 0 Å². The highest BCUT2D eigenvalue weighted by Crippen LogP contribution is 2.14. The smallest absolute Gasteiger partial charge is 0.269 e. The van der Waals surface area contributed by atoms with Crippen LogP contribution in [0.3, 0.4) is 0 Å². The van der Waals surface area contributed by atoms with Crippen LogP contribution in [0.1, 0.15) is 31.0 Å². The van der Waals surface area contributed by atoms with E-state index in [9.17, 15) is 14.4 Å². The largest absolute Gasteiger partial charge is 0.338 e. The first kappa shape index (κ1) is 11.6. The molecule has 0 aromatic carbocycles. The first-order chi connectivity index (χ1) is 8.08. The number of hydrogen-bond donors (Lipinski definition) is 2. The Labute approximate surface area is 98.0 Å². The summed E-state index contributed by atoms with van der Waals surface area (Å²) in [4.78, 5) is 35.7. The molecule has 0 radical (unpaired) electrons. The van der Waals surface area contributed by atoms with E-state index >= 15 is 0 Å². The Morgan fingerprint density at radius 2 is 2.06 bits per heavy atom. The van der Waals surface area contributed by atoms with E-state index in [1.165, 1.54) is 6.92 Å². The van der Waals surface area contributed by atoms with Crippen LogP contribution in [-0.4, -0.2) is 33.3 Å². The fourth-order valence-corrected chi connectivity index (χ4v) is 1.97. The molecule has 17 heavy (non-hydrogen) atoms. The van der Waals surface area contributed by atoms with Crippen LogP contribution >= 0.6 is 0 Å². The lowest BCUT2D eigenvalue weighted by Crippen LogP contribution is -2.37. The number of rotatable bonds is 3. The number of fused-ring (bicyclic) bond motifs is 1. The van der Waals surface area contributed by atoms with Crippen molar-refractivity contribution in [2.45, 2.75) is 32.7 Å². The Morgan fingerprint density at radius 1 is 1.29 bits per heavy atom. The highest BCUT2D eigenvalue weighted by Gasteiger charge is 2.23. The summed E-state index contributed by atoms with van der Waals surface area (Å²) in [6, 6.07) is 0. The molecule has 2 heterocycles. The summed E-state index contributed by atoms with van der Waals surface area (Å²) in [5.41, 5.74) is 1.35. The maximum atomic E-state index is 11.8. The van der Waals surface area contributed by atoms with Gasteiger partial charge in [0.2, 0.25) is 5.91 Å². The third-order valence-electron chi connectivity index (χ3n) is 2.99. The zero-order chi connectivity index (χ0) is 12.4. The van der Waals surface area contributed by atoms with Crippen molar-refractivity contribution in [3.05, 3.63) is 21.6 Å². The molecule has 0 unspecified atom stereocenters. The normalized spacial score (nSPS) is 14.5. The van der Waals surface area contributed by atoms with E-state index in [0.717, 1.165) is 5.69 Å². The Kier molecular flexibility index (Phi) is 3.12. The van der Waals surface area contributed by atoms with Crippen molar-refractivity contribution in [1.29, 1.82) is 0 Å². The lowest BCUT2D eigenvalue weighted by molar-refractivity contribution is -0.133. The van der Waals surface area contributed by atoms with Gasteiger partial charge in [0.1, 0.15) is 5.78 Å². The van der Waals surface area contributed by atoms with Gasteiger partial charge in [0.05, 0.1) is 12.1 Å². The first-order valence-electron chi connectivity index (χ1n) is 5.63. The molecular weight excluding hydrogens is 222 g/mol. The van der Waals surface area contributed by atoms with Crippen LogP contribution in [0.25, 0.3) is 0 Å². The number of Topliss-reactive ketones (excluding diaryl/α,β-unsaturated/α-hetero) is 1. The molecule has 1 aliphatic rings. The third kappa shape index (κ3) is 2.46. The van der Waals surface area contributed by atoms with Gasteiger partial charge in [0.25, 0.3) is 5.56 Å². The van der Waals surface area contributed by atoms with Crippen LogP contribution in [0.4, 0.5) is 0 Å². The van der Waals surface area contributed by atoms with E-state index in [-0.39, 0.29) is 30.1 Å². The predicted octanol–water partition coefficient (Wildman–Crippen LogP) is -0.0431. The highest BCUT2D eigenvalue weighted by atomic mass is 16.2. The van der Waals surface area contributed by atoms with Gasteiger partial charge in [0.15, 0.2) is 0 Å². The number of carbonyl (C=O) groups is 2.